The molecular weight excluding hydrogens is 749 g/mol. The highest BCUT2D eigenvalue weighted by Crippen LogP contribution is 2.49. The van der Waals surface area contributed by atoms with E-state index in [2.05, 4.69) is 42.0 Å². The smallest absolute Gasteiger partial charge is 0.264 e. The number of rotatable bonds is 10. The van der Waals surface area contributed by atoms with Gasteiger partial charge in [0.1, 0.15) is 5.75 Å². The minimum Gasteiger partial charge on any atom is -0.497 e. The number of fused-ring (bicyclic) bond motifs is 7. The van der Waals surface area contributed by atoms with Crippen molar-refractivity contribution in [3.63, 3.8) is 0 Å². The monoisotopic (exact) mass is 804 g/mol. The lowest BCUT2D eigenvalue weighted by molar-refractivity contribution is 0.0618. The molecule has 2 aromatic heterocycles. The maximum Gasteiger partial charge on any atom is 0.264 e. The summed E-state index contributed by atoms with van der Waals surface area (Å²) < 4.78 is 38.4. The Balaban J connectivity index is 1.14. The second-order valence-corrected chi connectivity index (χ2v) is 20.5. The fraction of sp³-hybridized carbons (Fsp3) is 0.543. The minimum absolute atomic E-state index is 0.0819. The molecule has 0 spiro atoms. The van der Waals surface area contributed by atoms with Crippen molar-refractivity contribution in [2.75, 3.05) is 26.7 Å². The number of nitrogens with zero attached hydrogens (tertiary/aromatic N) is 5. The average Bonchev–Trinajstić information content (AvgIpc) is 3.53. The number of aryl methyl sites for hydroxylation is 1. The van der Waals surface area contributed by atoms with Gasteiger partial charge in [0.05, 0.1) is 47.6 Å². The predicted molar refractivity (Wildman–Crippen MR) is 227 cm³/mol. The van der Waals surface area contributed by atoms with Gasteiger partial charge in [-0.3, -0.25) is 19.2 Å². The van der Waals surface area contributed by atoms with Crippen molar-refractivity contribution in [3.8, 4) is 17.0 Å². The quantitative estimate of drug-likeness (QED) is 0.173. The Kier molecular flexibility index (Phi) is 9.39. The first-order valence-corrected chi connectivity index (χ1v) is 23.3. The van der Waals surface area contributed by atoms with Crippen LogP contribution in [0.1, 0.15) is 140 Å². The van der Waals surface area contributed by atoms with Crippen LogP contribution in [0.4, 0.5) is 0 Å². The number of hydrogen-bond acceptors (Lipinski definition) is 7. The molecule has 5 heterocycles. The van der Waals surface area contributed by atoms with Gasteiger partial charge in [-0.05, 0) is 137 Å². The first-order chi connectivity index (χ1) is 28.0. The standard InChI is InChI=1S/C46H56N6O5S/c1-27(2)58(55,56)48-45(53)31-15-17-39-40(21-31)51-24-33(19-32-20-37(57-4)16-18-38(32)44(51)42(39)30-9-6-5-7-10-30)43-41(28(3)47-52(43)34-11-8-12-34)46(54)50-26-35-22-36(50)25-49(35)23-29-13-14-29/h15-21,27,29-30,34-36H,5-14,22-26H2,1-4H3,(H,48,53)/t35-,36-/m0/s1. The van der Waals surface area contributed by atoms with E-state index in [1.165, 1.54) is 24.8 Å². The number of ether oxygens (including phenoxy) is 1. The molecule has 2 aromatic carbocycles. The van der Waals surface area contributed by atoms with Crippen molar-refractivity contribution < 1.29 is 22.7 Å². The summed E-state index contributed by atoms with van der Waals surface area (Å²) in [6.45, 7) is 8.45. The van der Waals surface area contributed by atoms with E-state index in [1.54, 1.807) is 27.0 Å². The normalized spacial score (nSPS) is 22.5. The van der Waals surface area contributed by atoms with Crippen LogP contribution >= 0.6 is 0 Å². The minimum atomic E-state index is -3.84. The first kappa shape index (κ1) is 37.8. The molecular formula is C46H56N6O5S. The van der Waals surface area contributed by atoms with Crippen LogP contribution in [0, 0.1) is 12.8 Å². The Morgan fingerprint density at radius 2 is 1.71 bits per heavy atom. The Bertz CT molecular complexity index is 2470. The number of amides is 2. The fourth-order valence-corrected chi connectivity index (χ4v) is 11.2. The number of methoxy groups -OCH3 is 1. The topological polar surface area (TPSA) is 119 Å². The largest absolute Gasteiger partial charge is 0.497 e. The Morgan fingerprint density at radius 1 is 0.914 bits per heavy atom. The molecule has 6 aliphatic rings. The number of hydrogen-bond donors (Lipinski definition) is 1. The molecule has 12 heteroatoms. The molecule has 11 nitrogen and oxygen atoms in total. The number of carbonyl (C=O) groups excluding carboxylic acids is 2. The third kappa shape index (κ3) is 6.40. The van der Waals surface area contributed by atoms with Gasteiger partial charge in [0.2, 0.25) is 10.0 Å². The van der Waals surface area contributed by atoms with E-state index in [1.807, 2.05) is 25.1 Å². The molecule has 10 rings (SSSR count). The summed E-state index contributed by atoms with van der Waals surface area (Å²) in [6, 6.07) is 12.8. The molecule has 0 unspecified atom stereocenters. The van der Waals surface area contributed by atoms with Crippen LogP contribution in [0.5, 0.6) is 5.75 Å². The molecule has 3 aliphatic carbocycles. The molecule has 2 saturated heterocycles. The number of sulfonamides is 1. The zero-order chi connectivity index (χ0) is 40.0. The molecule has 2 amide bonds. The molecule has 306 valence electrons. The van der Waals surface area contributed by atoms with Crippen LogP contribution < -0.4 is 9.46 Å². The number of piperazine rings is 1. The number of allylic oxidation sites excluding steroid dienone is 1. The van der Waals surface area contributed by atoms with E-state index in [0.717, 1.165) is 127 Å². The number of carbonyl (C=O) groups is 2. The van der Waals surface area contributed by atoms with Gasteiger partial charge in [-0.25, -0.2) is 13.1 Å². The lowest BCUT2D eigenvalue weighted by atomic mass is 9.81. The zero-order valence-electron chi connectivity index (χ0n) is 34.3. The van der Waals surface area contributed by atoms with E-state index in [9.17, 15) is 13.2 Å². The zero-order valence-corrected chi connectivity index (χ0v) is 35.1. The molecule has 2 atom stereocenters. The lowest BCUT2D eigenvalue weighted by Gasteiger charge is -2.34. The Hall–Kier alpha value is -4.42. The summed E-state index contributed by atoms with van der Waals surface area (Å²) in [5, 5.41) is 5.53. The molecule has 3 saturated carbocycles. The van der Waals surface area contributed by atoms with Crippen molar-refractivity contribution >= 4 is 44.4 Å². The second kappa shape index (κ2) is 14.4. The summed E-state index contributed by atoms with van der Waals surface area (Å²) in [5.74, 6) is 1.36. The van der Waals surface area contributed by atoms with Crippen molar-refractivity contribution in [3.05, 3.63) is 70.0 Å². The van der Waals surface area contributed by atoms with Gasteiger partial charge in [-0.2, -0.15) is 5.10 Å². The van der Waals surface area contributed by atoms with E-state index < -0.39 is 21.2 Å². The van der Waals surface area contributed by atoms with Crippen LogP contribution in [0.3, 0.4) is 0 Å². The maximum absolute atomic E-state index is 15.1. The van der Waals surface area contributed by atoms with Crippen LogP contribution in [-0.2, 0) is 16.6 Å². The van der Waals surface area contributed by atoms with Gasteiger partial charge >= 0.3 is 0 Å². The predicted octanol–water partition coefficient (Wildman–Crippen LogP) is 7.93. The fourth-order valence-electron chi connectivity index (χ4n) is 10.6. The number of aromatic nitrogens is 3. The van der Waals surface area contributed by atoms with Gasteiger partial charge in [0.15, 0.2) is 0 Å². The highest BCUT2D eigenvalue weighted by molar-refractivity contribution is 7.90. The maximum atomic E-state index is 15.1. The summed E-state index contributed by atoms with van der Waals surface area (Å²) in [4.78, 5) is 33.5. The Morgan fingerprint density at radius 3 is 2.38 bits per heavy atom. The number of nitrogens with one attached hydrogen (secondary N) is 1. The molecule has 2 bridgehead atoms. The van der Waals surface area contributed by atoms with Crippen LogP contribution in [0.2, 0.25) is 0 Å². The number of benzene rings is 2. The highest BCUT2D eigenvalue weighted by atomic mass is 32.2. The highest BCUT2D eigenvalue weighted by Gasteiger charge is 2.48. The molecule has 3 aliphatic heterocycles. The summed E-state index contributed by atoms with van der Waals surface area (Å²) in [6.07, 6.45) is 14.8. The number of likely N-dealkylation sites (tertiary alicyclic amines) is 2. The van der Waals surface area contributed by atoms with Gasteiger partial charge in [0.25, 0.3) is 11.8 Å². The van der Waals surface area contributed by atoms with E-state index in [0.29, 0.717) is 29.6 Å². The van der Waals surface area contributed by atoms with Crippen molar-refractivity contribution in [2.45, 2.75) is 127 Å². The van der Waals surface area contributed by atoms with E-state index in [4.69, 9.17) is 9.84 Å². The van der Waals surface area contributed by atoms with Crippen molar-refractivity contribution in [1.82, 2.24) is 28.9 Å². The van der Waals surface area contributed by atoms with Gasteiger partial charge < -0.3 is 14.2 Å². The summed E-state index contributed by atoms with van der Waals surface area (Å²) in [5.41, 5.74) is 9.02. The summed E-state index contributed by atoms with van der Waals surface area (Å²) in [7, 11) is -2.14. The van der Waals surface area contributed by atoms with E-state index >= 15 is 4.79 Å². The third-order valence-electron chi connectivity index (χ3n) is 14.2. The molecule has 58 heavy (non-hydrogen) atoms. The van der Waals surface area contributed by atoms with Gasteiger partial charge in [-0.15, -0.1) is 0 Å². The van der Waals surface area contributed by atoms with Gasteiger partial charge in [0, 0.05) is 53.7 Å². The van der Waals surface area contributed by atoms with Crippen LogP contribution in [-0.4, -0.2) is 88.5 Å². The molecule has 0 radical (unpaired) electrons. The molecule has 4 aromatic rings. The summed E-state index contributed by atoms with van der Waals surface area (Å²) >= 11 is 0. The lowest BCUT2D eigenvalue weighted by Crippen LogP contribution is -2.49. The van der Waals surface area contributed by atoms with Crippen LogP contribution in [0.15, 0.2) is 36.4 Å². The first-order valence-electron chi connectivity index (χ1n) is 21.7. The van der Waals surface area contributed by atoms with Crippen LogP contribution in [0.25, 0.3) is 33.8 Å². The van der Waals surface area contributed by atoms with Crippen molar-refractivity contribution in [1.29, 1.82) is 0 Å². The van der Waals surface area contributed by atoms with E-state index in [-0.39, 0.29) is 18.0 Å². The SMILES string of the molecule is COc1ccc2c(c1)C=C(c1c(C(=O)N3C[C@@H]4C[C@H]3CN4CC3CC3)c(C)nn1C1CCC1)Cn1c-2c(C2CCCCC2)c2ccc(C(=O)NS(=O)(=O)C(C)C)cc21. The second-order valence-electron chi connectivity index (χ2n) is 18.3. The van der Waals surface area contributed by atoms with Gasteiger partial charge in [-0.1, -0.05) is 25.3 Å². The van der Waals surface area contributed by atoms with Crippen molar-refractivity contribution in [2.24, 2.45) is 5.92 Å². The average molecular weight is 805 g/mol. The molecule has 1 N–H and O–H groups in total. The molecule has 5 fully saturated rings. The Labute approximate surface area is 341 Å². The third-order valence-corrected chi connectivity index (χ3v) is 15.9.